The summed E-state index contributed by atoms with van der Waals surface area (Å²) in [5.41, 5.74) is 1.09. The molecule has 0 aliphatic carbocycles. The first-order valence-corrected chi connectivity index (χ1v) is 7.10. The van der Waals surface area contributed by atoms with Gasteiger partial charge in [-0.05, 0) is 19.4 Å². The molecule has 0 aromatic heterocycles. The van der Waals surface area contributed by atoms with Crippen molar-refractivity contribution in [3.8, 4) is 12.3 Å². The predicted octanol–water partition coefficient (Wildman–Crippen LogP) is 2.11. The second-order valence-electron chi connectivity index (χ2n) is 5.61. The van der Waals surface area contributed by atoms with Crippen molar-refractivity contribution in [2.75, 3.05) is 6.61 Å². The van der Waals surface area contributed by atoms with Crippen LogP contribution in [-0.4, -0.2) is 35.8 Å². The molecular weight excluding hydrogens is 268 g/mol. The Labute approximate surface area is 126 Å². The summed E-state index contributed by atoms with van der Waals surface area (Å²) in [6.07, 6.45) is 3.94. The van der Waals surface area contributed by atoms with E-state index in [2.05, 4.69) is 5.92 Å². The lowest BCUT2D eigenvalue weighted by Crippen LogP contribution is -2.37. The maximum Gasteiger partial charge on any atom is 0.164 e. The van der Waals surface area contributed by atoms with E-state index in [4.69, 9.17) is 20.6 Å². The van der Waals surface area contributed by atoms with Gasteiger partial charge in [-0.3, -0.25) is 0 Å². The lowest BCUT2D eigenvalue weighted by Gasteiger charge is -2.21. The van der Waals surface area contributed by atoms with E-state index in [0.717, 1.165) is 5.56 Å². The minimum Gasteiger partial charge on any atom is -0.389 e. The first-order chi connectivity index (χ1) is 10.0. The third-order valence-electron chi connectivity index (χ3n) is 3.32. The van der Waals surface area contributed by atoms with Crippen LogP contribution in [0.3, 0.4) is 0 Å². The molecule has 0 unspecified atom stereocenters. The first kappa shape index (κ1) is 16.0. The van der Waals surface area contributed by atoms with Crippen LogP contribution in [0.5, 0.6) is 0 Å². The van der Waals surface area contributed by atoms with Crippen molar-refractivity contribution in [3.05, 3.63) is 35.9 Å². The van der Waals surface area contributed by atoms with Crippen LogP contribution in [0.1, 0.15) is 25.8 Å². The van der Waals surface area contributed by atoms with Gasteiger partial charge in [0.25, 0.3) is 0 Å². The van der Waals surface area contributed by atoms with Crippen molar-refractivity contribution in [3.63, 3.8) is 0 Å². The number of hydrogen-bond acceptors (Lipinski definition) is 4. The molecule has 4 heteroatoms. The van der Waals surface area contributed by atoms with E-state index in [-0.39, 0.29) is 12.5 Å². The van der Waals surface area contributed by atoms with E-state index in [1.807, 2.05) is 44.2 Å². The third kappa shape index (κ3) is 4.55. The highest BCUT2D eigenvalue weighted by Crippen LogP contribution is 2.31. The van der Waals surface area contributed by atoms with Gasteiger partial charge in [0.2, 0.25) is 0 Å². The summed E-state index contributed by atoms with van der Waals surface area (Å²) < 4.78 is 17.2. The van der Waals surface area contributed by atoms with Crippen LogP contribution in [0.2, 0.25) is 0 Å². The predicted molar refractivity (Wildman–Crippen MR) is 79.4 cm³/mol. The smallest absolute Gasteiger partial charge is 0.164 e. The molecule has 3 atom stereocenters. The van der Waals surface area contributed by atoms with Crippen LogP contribution >= 0.6 is 0 Å². The van der Waals surface area contributed by atoms with Crippen molar-refractivity contribution < 1.29 is 19.3 Å². The SMILES string of the molecule is C#CC[C@H](O)[C@@H]1OC(C)(C)O[C@H]1COCc1ccccc1. The second kappa shape index (κ2) is 7.06. The van der Waals surface area contributed by atoms with E-state index < -0.39 is 18.0 Å². The molecule has 1 aliphatic rings. The van der Waals surface area contributed by atoms with E-state index in [0.29, 0.717) is 13.2 Å². The van der Waals surface area contributed by atoms with Crippen molar-refractivity contribution in [2.45, 2.75) is 51.0 Å². The summed E-state index contributed by atoms with van der Waals surface area (Å²) in [4.78, 5) is 0. The molecule has 1 heterocycles. The first-order valence-electron chi connectivity index (χ1n) is 7.10. The molecule has 1 aliphatic heterocycles. The number of terminal acetylenes is 1. The lowest BCUT2D eigenvalue weighted by atomic mass is 10.1. The van der Waals surface area contributed by atoms with Crippen LogP contribution in [0.25, 0.3) is 0 Å². The molecule has 1 aromatic rings. The molecule has 0 spiro atoms. The van der Waals surface area contributed by atoms with Gasteiger partial charge in [0.05, 0.1) is 19.3 Å². The van der Waals surface area contributed by atoms with Gasteiger partial charge >= 0.3 is 0 Å². The highest BCUT2D eigenvalue weighted by Gasteiger charge is 2.44. The molecule has 1 saturated heterocycles. The van der Waals surface area contributed by atoms with Crippen LogP contribution in [0.4, 0.5) is 0 Å². The van der Waals surface area contributed by atoms with Gasteiger partial charge in [0.1, 0.15) is 12.2 Å². The molecule has 1 fully saturated rings. The highest BCUT2D eigenvalue weighted by atomic mass is 16.8. The molecule has 1 aromatic carbocycles. The zero-order chi connectivity index (χ0) is 15.3. The summed E-state index contributed by atoms with van der Waals surface area (Å²) in [5, 5.41) is 10.1. The van der Waals surface area contributed by atoms with Crippen molar-refractivity contribution in [1.29, 1.82) is 0 Å². The fraction of sp³-hybridized carbons (Fsp3) is 0.529. The van der Waals surface area contributed by atoms with Crippen LogP contribution in [-0.2, 0) is 20.8 Å². The highest BCUT2D eigenvalue weighted by molar-refractivity contribution is 5.13. The van der Waals surface area contributed by atoms with Gasteiger partial charge < -0.3 is 19.3 Å². The third-order valence-corrected chi connectivity index (χ3v) is 3.32. The molecule has 0 amide bonds. The molecule has 4 nitrogen and oxygen atoms in total. The number of rotatable bonds is 6. The van der Waals surface area contributed by atoms with E-state index in [1.54, 1.807) is 0 Å². The number of aliphatic hydroxyl groups excluding tert-OH is 1. The quantitative estimate of drug-likeness (QED) is 0.815. The Morgan fingerprint density at radius 3 is 2.71 bits per heavy atom. The monoisotopic (exact) mass is 290 g/mol. The number of hydrogen-bond donors (Lipinski definition) is 1. The summed E-state index contributed by atoms with van der Waals surface area (Å²) in [5.74, 6) is 1.71. The maximum absolute atomic E-state index is 10.1. The average Bonchev–Trinajstić information content (AvgIpc) is 2.76. The Balaban J connectivity index is 1.89. The van der Waals surface area contributed by atoms with Crippen LogP contribution in [0.15, 0.2) is 30.3 Å². The Morgan fingerprint density at radius 1 is 1.33 bits per heavy atom. The summed E-state index contributed by atoms with van der Waals surface area (Å²) in [7, 11) is 0. The standard InChI is InChI=1S/C17H22O4/c1-4-8-14(18)16-15(20-17(2,3)21-16)12-19-11-13-9-6-5-7-10-13/h1,5-7,9-10,14-16,18H,8,11-12H2,2-3H3/t14-,15-,16-/m0/s1. The van der Waals surface area contributed by atoms with Crippen LogP contribution in [0, 0.1) is 12.3 Å². The number of benzene rings is 1. The maximum atomic E-state index is 10.1. The Bertz CT molecular complexity index is 477. The van der Waals surface area contributed by atoms with E-state index >= 15 is 0 Å². The fourth-order valence-electron chi connectivity index (χ4n) is 2.42. The lowest BCUT2D eigenvalue weighted by molar-refractivity contribution is -0.157. The Kier molecular flexibility index (Phi) is 5.38. The Hall–Kier alpha value is -1.38. The normalized spacial score (nSPS) is 25.4. The van der Waals surface area contributed by atoms with Gasteiger partial charge in [-0.2, -0.15) is 0 Å². The van der Waals surface area contributed by atoms with E-state index in [1.165, 1.54) is 0 Å². The van der Waals surface area contributed by atoms with Gasteiger partial charge in [0.15, 0.2) is 5.79 Å². The second-order valence-corrected chi connectivity index (χ2v) is 5.61. The molecule has 1 N–H and O–H groups in total. The van der Waals surface area contributed by atoms with Gasteiger partial charge in [-0.1, -0.05) is 30.3 Å². The van der Waals surface area contributed by atoms with Crippen LogP contribution < -0.4 is 0 Å². The Morgan fingerprint density at radius 2 is 2.05 bits per heavy atom. The molecule has 2 rings (SSSR count). The van der Waals surface area contributed by atoms with Crippen molar-refractivity contribution >= 4 is 0 Å². The topological polar surface area (TPSA) is 47.9 Å². The average molecular weight is 290 g/mol. The molecule has 0 saturated carbocycles. The van der Waals surface area contributed by atoms with Gasteiger partial charge in [0, 0.05) is 6.42 Å². The largest absolute Gasteiger partial charge is 0.389 e. The minimum atomic E-state index is -0.748. The summed E-state index contributed by atoms with van der Waals surface area (Å²) in [6.45, 7) is 4.49. The fourth-order valence-corrected chi connectivity index (χ4v) is 2.42. The summed E-state index contributed by atoms with van der Waals surface area (Å²) in [6, 6.07) is 9.90. The molecule has 0 radical (unpaired) electrons. The van der Waals surface area contributed by atoms with Crippen molar-refractivity contribution in [1.82, 2.24) is 0 Å². The molecule has 0 bridgehead atoms. The molecule has 21 heavy (non-hydrogen) atoms. The summed E-state index contributed by atoms with van der Waals surface area (Å²) >= 11 is 0. The van der Waals surface area contributed by atoms with Gasteiger partial charge in [-0.15, -0.1) is 12.3 Å². The molecular formula is C17H22O4. The van der Waals surface area contributed by atoms with Crippen molar-refractivity contribution in [2.24, 2.45) is 0 Å². The minimum absolute atomic E-state index is 0.235. The molecule has 114 valence electrons. The number of aliphatic hydroxyl groups is 1. The van der Waals surface area contributed by atoms with E-state index in [9.17, 15) is 5.11 Å². The number of ether oxygens (including phenoxy) is 3. The zero-order valence-electron chi connectivity index (χ0n) is 12.5. The zero-order valence-corrected chi connectivity index (χ0v) is 12.5. The van der Waals surface area contributed by atoms with Gasteiger partial charge in [-0.25, -0.2) is 0 Å².